The predicted molar refractivity (Wildman–Crippen MR) is 138 cm³/mol. The Balaban J connectivity index is 1.42. The Hall–Kier alpha value is -3.95. The molecule has 9 nitrogen and oxygen atoms in total. The van der Waals surface area contributed by atoms with E-state index in [-0.39, 0.29) is 16.9 Å². The molecule has 0 fully saturated rings. The van der Waals surface area contributed by atoms with E-state index in [1.54, 1.807) is 41.9 Å². The lowest BCUT2D eigenvalue weighted by Crippen LogP contribution is -2.34. The van der Waals surface area contributed by atoms with Gasteiger partial charge in [0.15, 0.2) is 5.65 Å². The number of carbonyl (C=O) groups excluding carboxylic acids is 1. The quantitative estimate of drug-likeness (QED) is 0.379. The molecule has 0 unspecified atom stereocenters. The summed E-state index contributed by atoms with van der Waals surface area (Å²) in [5.41, 5.74) is 3.50. The first-order chi connectivity index (χ1) is 17.4. The van der Waals surface area contributed by atoms with Crippen molar-refractivity contribution in [3.05, 3.63) is 86.5 Å². The van der Waals surface area contributed by atoms with Crippen molar-refractivity contribution in [3.8, 4) is 5.69 Å². The van der Waals surface area contributed by atoms with Crippen molar-refractivity contribution < 1.29 is 4.79 Å². The summed E-state index contributed by atoms with van der Waals surface area (Å²) in [6, 6.07) is 11.0. The minimum atomic E-state index is -0.381. The Bertz CT molecular complexity index is 1720. The van der Waals surface area contributed by atoms with Crippen molar-refractivity contribution in [2.24, 2.45) is 0 Å². The van der Waals surface area contributed by atoms with Gasteiger partial charge in [-0.1, -0.05) is 35.3 Å². The first-order valence-corrected chi connectivity index (χ1v) is 12.0. The summed E-state index contributed by atoms with van der Waals surface area (Å²) in [5, 5.41) is 4.17. The molecule has 1 aliphatic rings. The Labute approximate surface area is 214 Å². The molecule has 2 aromatic carbocycles. The average Bonchev–Trinajstić information content (AvgIpc) is 3.35. The number of para-hydroxylation sites is 1. The van der Waals surface area contributed by atoms with Crippen LogP contribution in [0.15, 0.2) is 59.8 Å². The van der Waals surface area contributed by atoms with Gasteiger partial charge >= 0.3 is 0 Å². The van der Waals surface area contributed by atoms with E-state index in [1.807, 2.05) is 23.1 Å². The van der Waals surface area contributed by atoms with Crippen LogP contribution in [0.4, 0.5) is 11.6 Å². The van der Waals surface area contributed by atoms with Gasteiger partial charge < -0.3 is 10.2 Å². The van der Waals surface area contributed by atoms with Crippen LogP contribution in [0.5, 0.6) is 0 Å². The highest BCUT2D eigenvalue weighted by Gasteiger charge is 2.20. The van der Waals surface area contributed by atoms with E-state index in [9.17, 15) is 9.59 Å². The van der Waals surface area contributed by atoms with Crippen LogP contribution in [0, 0.1) is 0 Å². The smallest absolute Gasteiger partial charge is 0.270 e. The van der Waals surface area contributed by atoms with Crippen molar-refractivity contribution in [3.63, 3.8) is 0 Å². The molecular weight excluding hydrogens is 501 g/mol. The highest BCUT2D eigenvalue weighted by molar-refractivity contribution is 6.37. The minimum Gasteiger partial charge on any atom is -0.338 e. The molecule has 4 heterocycles. The number of aromatic nitrogens is 5. The number of nitrogens with one attached hydrogen (secondary N) is 1. The Morgan fingerprint density at radius 2 is 1.89 bits per heavy atom. The summed E-state index contributed by atoms with van der Waals surface area (Å²) in [5.74, 6) is 0.747. The lowest BCUT2D eigenvalue weighted by molar-refractivity contribution is -0.129. The topological polar surface area (TPSA) is 97.4 Å². The van der Waals surface area contributed by atoms with Crippen LogP contribution >= 0.6 is 23.2 Å². The summed E-state index contributed by atoms with van der Waals surface area (Å²) in [6.07, 6.45) is 5.56. The second-order valence-corrected chi connectivity index (χ2v) is 9.35. The zero-order valence-electron chi connectivity index (χ0n) is 19.1. The van der Waals surface area contributed by atoms with E-state index in [0.717, 1.165) is 17.7 Å². The second-order valence-electron chi connectivity index (χ2n) is 8.54. The van der Waals surface area contributed by atoms with Gasteiger partial charge in [-0.05, 0) is 41.8 Å². The maximum atomic E-state index is 13.5. The molecule has 0 aliphatic carbocycles. The number of hydrogen-bond acceptors (Lipinski definition) is 6. The highest BCUT2D eigenvalue weighted by atomic mass is 35.5. The SMILES string of the molecule is CC(=O)N1CCc2cc(Nc3ncc4c(=O)n(-c5c(Cl)cccc5Cl)c5nccn5c4n3)ccc2C1. The lowest BCUT2D eigenvalue weighted by Gasteiger charge is -2.28. The van der Waals surface area contributed by atoms with Crippen LogP contribution in [0.1, 0.15) is 18.1 Å². The molecule has 36 heavy (non-hydrogen) atoms. The summed E-state index contributed by atoms with van der Waals surface area (Å²) in [4.78, 5) is 40.4. The van der Waals surface area contributed by atoms with E-state index < -0.39 is 0 Å². The van der Waals surface area contributed by atoms with Crippen molar-refractivity contribution in [2.45, 2.75) is 19.9 Å². The lowest BCUT2D eigenvalue weighted by atomic mass is 9.99. The number of carbonyl (C=O) groups is 1. The minimum absolute atomic E-state index is 0.0779. The number of nitrogens with zero attached hydrogens (tertiary/aromatic N) is 6. The van der Waals surface area contributed by atoms with Gasteiger partial charge in [0.05, 0.1) is 15.7 Å². The number of imidazole rings is 1. The molecule has 11 heteroatoms. The van der Waals surface area contributed by atoms with Crippen molar-refractivity contribution >= 4 is 57.6 Å². The normalized spacial score (nSPS) is 13.2. The fourth-order valence-corrected chi connectivity index (χ4v) is 5.10. The first-order valence-electron chi connectivity index (χ1n) is 11.2. The third kappa shape index (κ3) is 3.68. The molecule has 0 radical (unpaired) electrons. The Morgan fingerprint density at radius 1 is 1.08 bits per heavy atom. The molecule has 0 spiro atoms. The van der Waals surface area contributed by atoms with E-state index in [1.165, 1.54) is 16.3 Å². The number of fused-ring (bicyclic) bond motifs is 4. The van der Waals surface area contributed by atoms with E-state index in [2.05, 4.69) is 20.3 Å². The standard InChI is InChI=1S/C25H19Cl2N7O2/c1-14(35)32-9-7-15-11-17(6-5-16(15)13-32)30-24-29-12-18-22(31-24)33-10-8-28-25(33)34(23(18)36)21-19(26)3-2-4-20(21)27/h2-6,8,10-12H,7,9,13H2,1H3,(H,29,30,31). The van der Waals surface area contributed by atoms with Crippen LogP contribution in [-0.4, -0.2) is 41.3 Å². The second kappa shape index (κ2) is 8.61. The molecular formula is C25H19Cl2N7O2. The number of amides is 1. The highest BCUT2D eigenvalue weighted by Crippen LogP contribution is 2.29. The molecule has 180 valence electrons. The largest absolute Gasteiger partial charge is 0.338 e. The van der Waals surface area contributed by atoms with Gasteiger partial charge in [-0.3, -0.25) is 14.0 Å². The number of hydrogen-bond donors (Lipinski definition) is 1. The first kappa shape index (κ1) is 22.5. The zero-order valence-corrected chi connectivity index (χ0v) is 20.6. The third-order valence-corrected chi connectivity index (χ3v) is 6.94. The summed E-state index contributed by atoms with van der Waals surface area (Å²) >= 11 is 12.8. The zero-order chi connectivity index (χ0) is 25.0. The Kier molecular flexibility index (Phi) is 5.39. The van der Waals surface area contributed by atoms with Gasteiger partial charge in [0.25, 0.3) is 5.56 Å². The molecule has 3 aromatic heterocycles. The maximum Gasteiger partial charge on any atom is 0.270 e. The molecule has 1 N–H and O–H groups in total. The average molecular weight is 520 g/mol. The summed E-state index contributed by atoms with van der Waals surface area (Å²) < 4.78 is 3.07. The fraction of sp³-hybridized carbons (Fsp3) is 0.160. The molecule has 0 saturated carbocycles. The van der Waals surface area contributed by atoms with Crippen LogP contribution in [0.25, 0.3) is 22.5 Å². The van der Waals surface area contributed by atoms with Crippen LogP contribution in [0.3, 0.4) is 0 Å². The van der Waals surface area contributed by atoms with Crippen molar-refractivity contribution in [2.75, 3.05) is 11.9 Å². The molecule has 6 rings (SSSR count). The van der Waals surface area contributed by atoms with Gasteiger partial charge in [-0.25, -0.2) is 14.5 Å². The molecule has 0 saturated heterocycles. The molecule has 5 aromatic rings. The van der Waals surface area contributed by atoms with Crippen LogP contribution < -0.4 is 10.9 Å². The monoisotopic (exact) mass is 519 g/mol. The van der Waals surface area contributed by atoms with E-state index in [4.69, 9.17) is 23.2 Å². The Morgan fingerprint density at radius 3 is 2.67 bits per heavy atom. The number of anilines is 2. The van der Waals surface area contributed by atoms with Crippen molar-refractivity contribution in [1.29, 1.82) is 0 Å². The number of halogens is 2. The van der Waals surface area contributed by atoms with Gasteiger partial charge in [0.2, 0.25) is 17.6 Å². The van der Waals surface area contributed by atoms with Crippen LogP contribution in [-0.2, 0) is 17.8 Å². The molecule has 1 amide bonds. The molecule has 0 bridgehead atoms. The van der Waals surface area contributed by atoms with Gasteiger partial charge in [-0.15, -0.1) is 0 Å². The number of rotatable bonds is 3. The number of benzene rings is 2. The maximum absolute atomic E-state index is 13.5. The van der Waals surface area contributed by atoms with E-state index >= 15 is 0 Å². The van der Waals surface area contributed by atoms with Gasteiger partial charge in [0.1, 0.15) is 5.39 Å². The van der Waals surface area contributed by atoms with E-state index in [0.29, 0.717) is 46.2 Å². The van der Waals surface area contributed by atoms with Gasteiger partial charge in [-0.2, -0.15) is 4.98 Å². The summed E-state index contributed by atoms with van der Waals surface area (Å²) in [6.45, 7) is 2.89. The third-order valence-electron chi connectivity index (χ3n) is 6.33. The fourth-order valence-electron chi connectivity index (χ4n) is 4.54. The van der Waals surface area contributed by atoms with Crippen molar-refractivity contribution in [1.82, 2.24) is 28.8 Å². The van der Waals surface area contributed by atoms with Crippen LogP contribution in [0.2, 0.25) is 10.0 Å². The summed E-state index contributed by atoms with van der Waals surface area (Å²) in [7, 11) is 0. The molecule has 0 atom stereocenters. The van der Waals surface area contributed by atoms with Gasteiger partial charge in [0, 0.05) is 44.3 Å². The molecule has 1 aliphatic heterocycles. The predicted octanol–water partition coefficient (Wildman–Crippen LogP) is 4.38.